The number of benzene rings is 1. The van der Waals surface area contributed by atoms with Crippen LogP contribution in [-0.2, 0) is 4.74 Å². The topological polar surface area (TPSA) is 80.3 Å². The van der Waals surface area contributed by atoms with Crippen molar-refractivity contribution in [1.82, 2.24) is 4.98 Å². The number of esters is 1. The molecule has 23 heavy (non-hydrogen) atoms. The maximum absolute atomic E-state index is 12.3. The second-order valence-corrected chi connectivity index (χ2v) is 4.85. The Hall–Kier alpha value is -2.89. The van der Waals surface area contributed by atoms with Crippen molar-refractivity contribution in [2.45, 2.75) is 13.3 Å². The molecule has 2 N–H and O–H groups in total. The highest BCUT2D eigenvalue weighted by molar-refractivity contribution is 6.06. The summed E-state index contributed by atoms with van der Waals surface area (Å²) < 4.78 is 4.58. The van der Waals surface area contributed by atoms with Crippen LogP contribution in [-0.4, -0.2) is 30.5 Å². The van der Waals surface area contributed by atoms with Gasteiger partial charge in [0, 0.05) is 12.7 Å². The molecular weight excluding hydrogens is 294 g/mol. The second-order valence-electron chi connectivity index (χ2n) is 4.85. The lowest BCUT2D eigenvalue weighted by Gasteiger charge is -2.12. The van der Waals surface area contributed by atoms with Crippen LogP contribution in [0.3, 0.4) is 0 Å². The fourth-order valence-electron chi connectivity index (χ4n) is 1.95. The molecule has 2 rings (SSSR count). The molecule has 0 aliphatic carbocycles. The van der Waals surface area contributed by atoms with E-state index in [2.05, 4.69) is 27.3 Å². The number of hydrogen-bond acceptors (Lipinski definition) is 5. The zero-order valence-electron chi connectivity index (χ0n) is 13.1. The predicted octanol–water partition coefficient (Wildman–Crippen LogP) is 2.94. The van der Waals surface area contributed by atoms with Crippen molar-refractivity contribution < 1.29 is 14.3 Å². The van der Waals surface area contributed by atoms with Gasteiger partial charge in [0.1, 0.15) is 5.69 Å². The molecule has 1 aromatic heterocycles. The average Bonchev–Trinajstić information content (AvgIpc) is 2.60. The molecule has 2 aromatic rings. The van der Waals surface area contributed by atoms with E-state index in [0.29, 0.717) is 11.3 Å². The van der Waals surface area contributed by atoms with Gasteiger partial charge in [-0.25, -0.2) is 9.78 Å². The van der Waals surface area contributed by atoms with E-state index in [0.717, 1.165) is 18.7 Å². The molecule has 0 bridgehead atoms. The van der Waals surface area contributed by atoms with Gasteiger partial charge >= 0.3 is 5.97 Å². The Labute approximate surface area is 134 Å². The van der Waals surface area contributed by atoms with Gasteiger partial charge in [0.2, 0.25) is 0 Å². The van der Waals surface area contributed by atoms with Gasteiger partial charge in [-0.05, 0) is 30.7 Å². The Morgan fingerprint density at radius 2 is 1.87 bits per heavy atom. The van der Waals surface area contributed by atoms with E-state index in [1.807, 2.05) is 24.3 Å². The van der Waals surface area contributed by atoms with Crippen molar-refractivity contribution in [2.24, 2.45) is 0 Å². The van der Waals surface area contributed by atoms with Crippen molar-refractivity contribution in [2.75, 3.05) is 24.3 Å². The van der Waals surface area contributed by atoms with E-state index in [1.165, 1.54) is 25.4 Å². The molecule has 0 fully saturated rings. The number of carbonyl (C=O) groups excluding carboxylic acids is 2. The third kappa shape index (κ3) is 4.29. The van der Waals surface area contributed by atoms with Crippen molar-refractivity contribution in [1.29, 1.82) is 0 Å². The van der Waals surface area contributed by atoms with E-state index in [-0.39, 0.29) is 11.6 Å². The number of carbonyl (C=O) groups is 2. The third-order valence-corrected chi connectivity index (χ3v) is 3.16. The van der Waals surface area contributed by atoms with Crippen LogP contribution >= 0.6 is 0 Å². The highest BCUT2D eigenvalue weighted by Crippen LogP contribution is 2.21. The Bertz CT molecular complexity index is 684. The lowest BCUT2D eigenvalue weighted by Crippen LogP contribution is -2.15. The van der Waals surface area contributed by atoms with Crippen molar-refractivity contribution in [3.05, 3.63) is 53.9 Å². The Kier molecular flexibility index (Phi) is 5.68. The summed E-state index contributed by atoms with van der Waals surface area (Å²) in [5.41, 5.74) is 2.09. The minimum absolute atomic E-state index is 0.161. The summed E-state index contributed by atoms with van der Waals surface area (Å²) in [5.74, 6) is -0.828. The number of aromatic nitrogens is 1. The molecule has 0 unspecified atom stereocenters. The number of amides is 1. The second kappa shape index (κ2) is 7.93. The van der Waals surface area contributed by atoms with Crippen LogP contribution in [0.5, 0.6) is 0 Å². The summed E-state index contributed by atoms with van der Waals surface area (Å²) in [7, 11) is 1.28. The molecule has 6 nitrogen and oxygen atoms in total. The van der Waals surface area contributed by atoms with Gasteiger partial charge in [-0.2, -0.15) is 0 Å². The number of rotatable bonds is 6. The van der Waals surface area contributed by atoms with Crippen LogP contribution in [0.2, 0.25) is 0 Å². The van der Waals surface area contributed by atoms with Crippen LogP contribution in [0.1, 0.15) is 34.2 Å². The average molecular weight is 313 g/mol. The van der Waals surface area contributed by atoms with Crippen molar-refractivity contribution in [3.63, 3.8) is 0 Å². The van der Waals surface area contributed by atoms with Gasteiger partial charge < -0.3 is 15.4 Å². The molecular formula is C17H19N3O3. The molecule has 0 atom stereocenters. The monoisotopic (exact) mass is 313 g/mol. The molecule has 0 aliphatic rings. The molecule has 120 valence electrons. The van der Waals surface area contributed by atoms with Gasteiger partial charge in [-0.3, -0.25) is 4.79 Å². The molecule has 0 spiro atoms. The molecule has 0 saturated heterocycles. The highest BCUT2D eigenvalue weighted by atomic mass is 16.5. The number of anilines is 2. The first kappa shape index (κ1) is 16.5. The first-order valence-electron chi connectivity index (χ1n) is 7.34. The minimum atomic E-state index is -0.536. The molecule has 1 amide bonds. The van der Waals surface area contributed by atoms with Gasteiger partial charge in [0.15, 0.2) is 0 Å². The summed E-state index contributed by atoms with van der Waals surface area (Å²) in [6.07, 6.45) is 2.34. The lowest BCUT2D eigenvalue weighted by atomic mass is 10.2. The summed E-state index contributed by atoms with van der Waals surface area (Å²) >= 11 is 0. The van der Waals surface area contributed by atoms with Gasteiger partial charge in [-0.15, -0.1) is 0 Å². The summed E-state index contributed by atoms with van der Waals surface area (Å²) in [4.78, 5) is 27.6. The number of ether oxygens (including phenoxy) is 1. The number of hydrogen-bond donors (Lipinski definition) is 2. The zero-order chi connectivity index (χ0) is 16.7. The number of nitrogens with one attached hydrogen (secondary N) is 2. The molecule has 0 aliphatic heterocycles. The predicted molar refractivity (Wildman–Crippen MR) is 88.8 cm³/mol. The molecule has 0 radical (unpaired) electrons. The fraction of sp³-hybridized carbons (Fsp3) is 0.235. The highest BCUT2D eigenvalue weighted by Gasteiger charge is 2.12. The number of methoxy groups -OCH3 is 1. The molecule has 1 aromatic carbocycles. The van der Waals surface area contributed by atoms with Crippen molar-refractivity contribution in [3.8, 4) is 0 Å². The summed E-state index contributed by atoms with van der Waals surface area (Å²) in [6, 6.07) is 10.5. The van der Waals surface area contributed by atoms with E-state index in [9.17, 15) is 9.59 Å². The standard InChI is InChI=1S/C17H19N3O3/c1-3-10-18-13-6-4-5-7-14(13)20-16(21)12-8-9-15(19-11-12)17(22)23-2/h4-9,11,18H,3,10H2,1-2H3,(H,20,21). The van der Waals surface area contributed by atoms with Gasteiger partial charge in [0.25, 0.3) is 5.91 Å². The van der Waals surface area contributed by atoms with Crippen LogP contribution in [0.15, 0.2) is 42.6 Å². The van der Waals surface area contributed by atoms with E-state index in [4.69, 9.17) is 0 Å². The lowest BCUT2D eigenvalue weighted by molar-refractivity contribution is 0.0593. The third-order valence-electron chi connectivity index (χ3n) is 3.16. The number of pyridine rings is 1. The molecule has 1 heterocycles. The maximum Gasteiger partial charge on any atom is 0.356 e. The first-order chi connectivity index (χ1) is 11.2. The van der Waals surface area contributed by atoms with Gasteiger partial charge in [0.05, 0.1) is 24.0 Å². The Morgan fingerprint density at radius 3 is 2.48 bits per heavy atom. The van der Waals surface area contributed by atoms with Crippen LogP contribution in [0.25, 0.3) is 0 Å². The van der Waals surface area contributed by atoms with Crippen LogP contribution < -0.4 is 10.6 Å². The SMILES string of the molecule is CCCNc1ccccc1NC(=O)c1ccc(C(=O)OC)nc1. The fourth-order valence-corrected chi connectivity index (χ4v) is 1.95. The number of para-hydroxylation sites is 2. The zero-order valence-corrected chi connectivity index (χ0v) is 13.1. The molecule has 6 heteroatoms. The number of nitrogens with zero attached hydrogens (tertiary/aromatic N) is 1. The first-order valence-corrected chi connectivity index (χ1v) is 7.34. The quantitative estimate of drug-likeness (QED) is 0.801. The summed E-state index contributed by atoms with van der Waals surface area (Å²) in [5, 5.41) is 6.10. The van der Waals surface area contributed by atoms with Crippen LogP contribution in [0, 0.1) is 0 Å². The van der Waals surface area contributed by atoms with Crippen LogP contribution in [0.4, 0.5) is 11.4 Å². The van der Waals surface area contributed by atoms with E-state index < -0.39 is 5.97 Å². The summed E-state index contributed by atoms with van der Waals surface area (Å²) in [6.45, 7) is 2.89. The van der Waals surface area contributed by atoms with Crippen molar-refractivity contribution >= 4 is 23.3 Å². The van der Waals surface area contributed by atoms with E-state index >= 15 is 0 Å². The smallest absolute Gasteiger partial charge is 0.356 e. The van der Waals surface area contributed by atoms with Gasteiger partial charge in [-0.1, -0.05) is 19.1 Å². The normalized spacial score (nSPS) is 10.0. The maximum atomic E-state index is 12.3. The minimum Gasteiger partial charge on any atom is -0.464 e. The Balaban J connectivity index is 2.11. The molecule has 0 saturated carbocycles. The van der Waals surface area contributed by atoms with E-state index in [1.54, 1.807) is 0 Å². The Morgan fingerprint density at radius 1 is 1.13 bits per heavy atom. The largest absolute Gasteiger partial charge is 0.464 e.